The van der Waals surface area contributed by atoms with E-state index in [0.717, 1.165) is 17.9 Å². The van der Waals surface area contributed by atoms with Gasteiger partial charge in [-0.3, -0.25) is 4.79 Å². The third kappa shape index (κ3) is 4.44. The Labute approximate surface area is 118 Å². The maximum atomic E-state index is 11.9. The number of hydrogen-bond acceptors (Lipinski definition) is 4. The summed E-state index contributed by atoms with van der Waals surface area (Å²) in [6, 6.07) is 7.89. The van der Waals surface area contributed by atoms with Crippen molar-refractivity contribution < 1.29 is 9.53 Å². The number of nitrogens with one attached hydrogen (secondary N) is 2. The fourth-order valence-electron chi connectivity index (χ4n) is 2.08. The molecule has 0 aromatic heterocycles. The van der Waals surface area contributed by atoms with Gasteiger partial charge >= 0.3 is 0 Å². The van der Waals surface area contributed by atoms with E-state index in [-0.39, 0.29) is 5.91 Å². The normalized spacial score (nSPS) is 18.9. The number of thioether (sulfide) groups is 1. The largest absolute Gasteiger partial charge is 0.495 e. The quantitative estimate of drug-likeness (QED) is 0.867. The van der Waals surface area contributed by atoms with E-state index in [1.165, 1.54) is 12.2 Å². The molecule has 0 spiro atoms. The van der Waals surface area contributed by atoms with E-state index >= 15 is 0 Å². The van der Waals surface area contributed by atoms with Crippen LogP contribution in [0.4, 0.5) is 5.69 Å². The molecule has 1 aliphatic rings. The molecular weight excluding hydrogens is 260 g/mol. The second-order valence-corrected chi connectivity index (χ2v) is 5.69. The average molecular weight is 280 g/mol. The number of para-hydroxylation sites is 2. The maximum Gasteiger partial charge on any atom is 0.238 e. The predicted octanol–water partition coefficient (Wildman–Crippen LogP) is 2.12. The SMILES string of the molecule is COc1ccccc1NC(=O)CNC1CCCSC1. The molecule has 104 valence electrons. The van der Waals surface area contributed by atoms with Crippen LogP contribution in [0.5, 0.6) is 5.75 Å². The van der Waals surface area contributed by atoms with Gasteiger partial charge in [-0.05, 0) is 30.7 Å². The Morgan fingerprint density at radius 3 is 3.05 bits per heavy atom. The van der Waals surface area contributed by atoms with Gasteiger partial charge < -0.3 is 15.4 Å². The summed E-state index contributed by atoms with van der Waals surface area (Å²) in [6.07, 6.45) is 2.39. The van der Waals surface area contributed by atoms with Crippen molar-refractivity contribution in [3.8, 4) is 5.75 Å². The molecule has 1 aromatic rings. The molecule has 1 unspecified atom stereocenters. The molecule has 0 radical (unpaired) electrons. The Hall–Kier alpha value is -1.20. The number of carbonyl (C=O) groups is 1. The summed E-state index contributed by atoms with van der Waals surface area (Å²) in [4.78, 5) is 11.9. The minimum Gasteiger partial charge on any atom is -0.495 e. The molecule has 0 saturated carbocycles. The Bertz CT molecular complexity index is 420. The van der Waals surface area contributed by atoms with E-state index in [2.05, 4.69) is 10.6 Å². The highest BCUT2D eigenvalue weighted by atomic mass is 32.2. The summed E-state index contributed by atoms with van der Waals surface area (Å²) in [6.45, 7) is 0.350. The number of methoxy groups -OCH3 is 1. The highest BCUT2D eigenvalue weighted by Crippen LogP contribution is 2.22. The van der Waals surface area contributed by atoms with Gasteiger partial charge in [-0.15, -0.1) is 0 Å². The molecule has 0 aliphatic carbocycles. The molecule has 0 bridgehead atoms. The topological polar surface area (TPSA) is 50.4 Å². The number of benzene rings is 1. The third-order valence-electron chi connectivity index (χ3n) is 3.09. The lowest BCUT2D eigenvalue weighted by Crippen LogP contribution is -2.39. The van der Waals surface area contributed by atoms with Gasteiger partial charge in [0.05, 0.1) is 19.3 Å². The molecule has 1 heterocycles. The monoisotopic (exact) mass is 280 g/mol. The lowest BCUT2D eigenvalue weighted by molar-refractivity contribution is -0.115. The molecule has 1 atom stereocenters. The zero-order valence-electron chi connectivity index (χ0n) is 11.1. The molecule has 2 N–H and O–H groups in total. The molecule has 1 amide bonds. The van der Waals surface area contributed by atoms with Crippen molar-refractivity contribution >= 4 is 23.4 Å². The van der Waals surface area contributed by atoms with Crippen LogP contribution in [0.25, 0.3) is 0 Å². The summed E-state index contributed by atoms with van der Waals surface area (Å²) in [5, 5.41) is 6.17. The van der Waals surface area contributed by atoms with Gasteiger partial charge in [0.15, 0.2) is 0 Å². The van der Waals surface area contributed by atoms with Crippen LogP contribution in [-0.2, 0) is 4.79 Å². The first-order valence-electron chi connectivity index (χ1n) is 6.53. The van der Waals surface area contributed by atoms with E-state index < -0.39 is 0 Å². The fourth-order valence-corrected chi connectivity index (χ4v) is 3.19. The van der Waals surface area contributed by atoms with Gasteiger partial charge in [-0.1, -0.05) is 12.1 Å². The number of carbonyl (C=O) groups excluding carboxylic acids is 1. The lowest BCUT2D eigenvalue weighted by atomic mass is 10.2. The van der Waals surface area contributed by atoms with Gasteiger partial charge in [0.2, 0.25) is 5.91 Å². The minimum atomic E-state index is -0.0277. The van der Waals surface area contributed by atoms with Crippen LogP contribution in [0.2, 0.25) is 0 Å². The summed E-state index contributed by atoms with van der Waals surface area (Å²) >= 11 is 1.95. The Balaban J connectivity index is 1.80. The van der Waals surface area contributed by atoms with Gasteiger partial charge in [-0.25, -0.2) is 0 Å². The van der Waals surface area contributed by atoms with Crippen molar-refractivity contribution in [2.24, 2.45) is 0 Å². The summed E-state index contributed by atoms with van der Waals surface area (Å²) in [7, 11) is 1.60. The van der Waals surface area contributed by atoms with Crippen molar-refractivity contribution in [1.29, 1.82) is 0 Å². The van der Waals surface area contributed by atoms with Crippen LogP contribution >= 0.6 is 11.8 Å². The minimum absolute atomic E-state index is 0.0277. The average Bonchev–Trinajstić information content (AvgIpc) is 2.47. The standard InChI is InChI=1S/C14H20N2O2S/c1-18-13-7-3-2-6-12(13)16-14(17)9-15-11-5-4-8-19-10-11/h2-3,6-7,11,15H,4-5,8-10H2,1H3,(H,16,17). The molecule has 4 nitrogen and oxygen atoms in total. The van der Waals surface area contributed by atoms with Crippen molar-refractivity contribution in [2.75, 3.05) is 30.5 Å². The van der Waals surface area contributed by atoms with Crippen molar-refractivity contribution in [3.63, 3.8) is 0 Å². The van der Waals surface area contributed by atoms with Crippen molar-refractivity contribution in [2.45, 2.75) is 18.9 Å². The number of ether oxygens (including phenoxy) is 1. The fraction of sp³-hybridized carbons (Fsp3) is 0.500. The van der Waals surface area contributed by atoms with E-state index in [1.54, 1.807) is 7.11 Å². The second-order valence-electron chi connectivity index (χ2n) is 4.54. The smallest absolute Gasteiger partial charge is 0.238 e. The number of hydrogen-bond donors (Lipinski definition) is 2. The highest BCUT2D eigenvalue weighted by Gasteiger charge is 2.14. The van der Waals surface area contributed by atoms with Gasteiger partial charge in [0.25, 0.3) is 0 Å². The molecule has 2 rings (SSSR count). The van der Waals surface area contributed by atoms with E-state index in [0.29, 0.717) is 18.3 Å². The second kappa shape index (κ2) is 7.40. The van der Waals surface area contributed by atoms with Crippen LogP contribution in [0.15, 0.2) is 24.3 Å². The Morgan fingerprint density at radius 1 is 1.47 bits per heavy atom. The maximum absolute atomic E-state index is 11.9. The van der Waals surface area contributed by atoms with Crippen LogP contribution in [0.1, 0.15) is 12.8 Å². The Kier molecular flexibility index (Phi) is 5.54. The van der Waals surface area contributed by atoms with Gasteiger partial charge in [-0.2, -0.15) is 11.8 Å². The zero-order chi connectivity index (χ0) is 13.5. The first-order chi connectivity index (χ1) is 9.29. The van der Waals surface area contributed by atoms with E-state index in [1.807, 2.05) is 36.0 Å². The molecule has 1 aliphatic heterocycles. The van der Waals surface area contributed by atoms with E-state index in [4.69, 9.17) is 4.74 Å². The highest BCUT2D eigenvalue weighted by molar-refractivity contribution is 7.99. The summed E-state index contributed by atoms with van der Waals surface area (Å²) < 4.78 is 5.20. The first kappa shape index (κ1) is 14.2. The zero-order valence-corrected chi connectivity index (χ0v) is 12.0. The molecular formula is C14H20N2O2S. The molecule has 1 saturated heterocycles. The van der Waals surface area contributed by atoms with Crippen LogP contribution in [-0.4, -0.2) is 37.1 Å². The third-order valence-corrected chi connectivity index (χ3v) is 4.31. The summed E-state index contributed by atoms with van der Waals surface area (Å²) in [5.74, 6) is 3.00. The molecule has 1 fully saturated rings. The number of amides is 1. The molecule has 1 aromatic carbocycles. The molecule has 5 heteroatoms. The summed E-state index contributed by atoms with van der Waals surface area (Å²) in [5.41, 5.74) is 0.717. The predicted molar refractivity (Wildman–Crippen MR) is 80.0 cm³/mol. The van der Waals surface area contributed by atoms with Crippen LogP contribution in [0.3, 0.4) is 0 Å². The van der Waals surface area contributed by atoms with Crippen LogP contribution < -0.4 is 15.4 Å². The number of rotatable bonds is 5. The first-order valence-corrected chi connectivity index (χ1v) is 7.69. The lowest BCUT2D eigenvalue weighted by Gasteiger charge is -2.22. The molecule has 19 heavy (non-hydrogen) atoms. The number of anilines is 1. The van der Waals surface area contributed by atoms with E-state index in [9.17, 15) is 4.79 Å². The van der Waals surface area contributed by atoms with Gasteiger partial charge in [0, 0.05) is 11.8 Å². The van der Waals surface area contributed by atoms with Crippen molar-refractivity contribution in [1.82, 2.24) is 5.32 Å². The van der Waals surface area contributed by atoms with Crippen molar-refractivity contribution in [3.05, 3.63) is 24.3 Å². The van der Waals surface area contributed by atoms with Gasteiger partial charge in [0.1, 0.15) is 5.75 Å². The van der Waals surface area contributed by atoms with Crippen LogP contribution in [0, 0.1) is 0 Å². The Morgan fingerprint density at radius 2 is 2.32 bits per heavy atom.